The van der Waals surface area contributed by atoms with Crippen LogP contribution in [-0.4, -0.2) is 37.8 Å². The minimum Gasteiger partial charge on any atom is -0.494 e. The lowest BCUT2D eigenvalue weighted by atomic mass is 10.2. The molecule has 0 spiro atoms. The predicted octanol–water partition coefficient (Wildman–Crippen LogP) is 3.29. The first kappa shape index (κ1) is 18.6. The Bertz CT molecular complexity index is 1130. The van der Waals surface area contributed by atoms with Crippen LogP contribution in [0.4, 0.5) is 5.69 Å². The number of nitrogens with one attached hydrogen (secondary N) is 2. The van der Waals surface area contributed by atoms with Crippen LogP contribution < -0.4 is 10.1 Å². The van der Waals surface area contributed by atoms with Crippen molar-refractivity contribution in [3.8, 4) is 17.1 Å². The fourth-order valence-electron chi connectivity index (χ4n) is 2.87. The van der Waals surface area contributed by atoms with Gasteiger partial charge in [0.1, 0.15) is 5.75 Å². The second-order valence-electron chi connectivity index (χ2n) is 6.46. The van der Waals surface area contributed by atoms with E-state index in [9.17, 15) is 4.79 Å². The highest BCUT2D eigenvalue weighted by atomic mass is 16.5. The molecule has 0 aliphatic rings. The summed E-state index contributed by atoms with van der Waals surface area (Å²) < 4.78 is 10.7. The summed E-state index contributed by atoms with van der Waals surface area (Å²) in [7, 11) is 0. The van der Waals surface area contributed by atoms with Gasteiger partial charge in [0.2, 0.25) is 17.6 Å². The lowest BCUT2D eigenvalue weighted by Gasteiger charge is -2.03. The second kappa shape index (κ2) is 8.09. The van der Waals surface area contributed by atoms with Crippen LogP contribution >= 0.6 is 0 Å². The number of aryl methyl sites for hydroxylation is 2. The highest BCUT2D eigenvalue weighted by Crippen LogP contribution is 2.21. The van der Waals surface area contributed by atoms with E-state index in [4.69, 9.17) is 9.26 Å². The van der Waals surface area contributed by atoms with Gasteiger partial charge in [-0.15, -0.1) is 0 Å². The van der Waals surface area contributed by atoms with Crippen molar-refractivity contribution in [3.05, 3.63) is 48.1 Å². The van der Waals surface area contributed by atoms with Gasteiger partial charge in [0.25, 0.3) is 0 Å². The Morgan fingerprint density at radius 3 is 2.90 bits per heavy atom. The number of H-pyrrole nitrogens is 1. The molecule has 9 nitrogen and oxygen atoms in total. The van der Waals surface area contributed by atoms with E-state index in [-0.39, 0.29) is 12.3 Å². The number of amides is 1. The Balaban J connectivity index is 1.35. The van der Waals surface area contributed by atoms with Crippen molar-refractivity contribution in [2.75, 3.05) is 11.9 Å². The molecule has 2 N–H and O–H groups in total. The van der Waals surface area contributed by atoms with Crippen LogP contribution in [0.2, 0.25) is 0 Å². The van der Waals surface area contributed by atoms with E-state index in [2.05, 4.69) is 30.6 Å². The number of nitrogens with zero attached hydrogens (tertiary/aromatic N) is 4. The number of benzene rings is 1. The lowest BCUT2D eigenvalue weighted by molar-refractivity contribution is -0.116. The third-order valence-electron chi connectivity index (χ3n) is 4.34. The molecule has 4 rings (SSSR count). The monoisotopic (exact) mass is 392 g/mol. The van der Waals surface area contributed by atoms with Crippen molar-refractivity contribution in [3.63, 3.8) is 0 Å². The Morgan fingerprint density at radius 2 is 2.10 bits per heavy atom. The highest BCUT2D eigenvalue weighted by Gasteiger charge is 2.12. The Labute approximate surface area is 166 Å². The molecular formula is C20H20N6O3. The fraction of sp³-hybridized carbons (Fsp3) is 0.250. The van der Waals surface area contributed by atoms with Gasteiger partial charge >= 0.3 is 0 Å². The van der Waals surface area contributed by atoms with Gasteiger partial charge in [-0.3, -0.25) is 9.89 Å². The maximum Gasteiger partial charge on any atom is 0.227 e. The molecular weight excluding hydrogens is 372 g/mol. The molecule has 1 amide bonds. The molecule has 29 heavy (non-hydrogen) atoms. The molecule has 0 unspecified atom stereocenters. The Morgan fingerprint density at radius 1 is 1.28 bits per heavy atom. The first-order valence-electron chi connectivity index (χ1n) is 9.29. The Kier molecular flexibility index (Phi) is 5.19. The van der Waals surface area contributed by atoms with Crippen molar-refractivity contribution >= 4 is 22.6 Å². The van der Waals surface area contributed by atoms with Crippen LogP contribution in [0.25, 0.3) is 22.4 Å². The summed E-state index contributed by atoms with van der Waals surface area (Å²) in [4.78, 5) is 20.8. The zero-order valence-corrected chi connectivity index (χ0v) is 16.1. The number of hydrogen-bond donors (Lipinski definition) is 2. The van der Waals surface area contributed by atoms with Crippen LogP contribution in [0.3, 0.4) is 0 Å². The zero-order valence-electron chi connectivity index (χ0n) is 16.1. The number of fused-ring (bicyclic) bond motifs is 1. The molecule has 0 saturated carbocycles. The van der Waals surface area contributed by atoms with Gasteiger partial charge < -0.3 is 14.6 Å². The number of pyridine rings is 1. The van der Waals surface area contributed by atoms with E-state index >= 15 is 0 Å². The van der Waals surface area contributed by atoms with Crippen LogP contribution in [0, 0.1) is 6.92 Å². The van der Waals surface area contributed by atoms with Crippen molar-refractivity contribution in [1.29, 1.82) is 0 Å². The molecule has 0 saturated heterocycles. The third-order valence-corrected chi connectivity index (χ3v) is 4.34. The van der Waals surface area contributed by atoms with E-state index in [0.717, 1.165) is 22.4 Å². The van der Waals surface area contributed by atoms with Crippen molar-refractivity contribution in [1.82, 2.24) is 25.3 Å². The van der Waals surface area contributed by atoms with E-state index < -0.39 is 0 Å². The molecule has 3 heterocycles. The number of carbonyl (C=O) groups excluding carboxylic acids is 1. The van der Waals surface area contributed by atoms with Gasteiger partial charge in [-0.1, -0.05) is 5.16 Å². The molecule has 1 aromatic carbocycles. The molecule has 3 aromatic heterocycles. The van der Waals surface area contributed by atoms with Crippen molar-refractivity contribution in [2.24, 2.45) is 0 Å². The van der Waals surface area contributed by atoms with Gasteiger partial charge in [0, 0.05) is 29.5 Å². The third kappa shape index (κ3) is 4.23. The van der Waals surface area contributed by atoms with E-state index in [1.807, 2.05) is 44.2 Å². The number of rotatable bonds is 7. The van der Waals surface area contributed by atoms with Gasteiger partial charge in [-0.2, -0.15) is 10.1 Å². The number of anilines is 1. The summed E-state index contributed by atoms with van der Waals surface area (Å²) in [5, 5.41) is 14.6. The van der Waals surface area contributed by atoms with Gasteiger partial charge in [0.05, 0.1) is 18.5 Å². The summed E-state index contributed by atoms with van der Waals surface area (Å²) >= 11 is 0. The summed E-state index contributed by atoms with van der Waals surface area (Å²) in [6.45, 7) is 4.45. The number of aromatic nitrogens is 5. The summed E-state index contributed by atoms with van der Waals surface area (Å²) in [6.07, 6.45) is 2.14. The largest absolute Gasteiger partial charge is 0.494 e. The van der Waals surface area contributed by atoms with Gasteiger partial charge in [0.15, 0.2) is 5.65 Å². The smallest absolute Gasteiger partial charge is 0.227 e. The zero-order chi connectivity index (χ0) is 20.2. The van der Waals surface area contributed by atoms with Crippen molar-refractivity contribution < 1.29 is 14.1 Å². The van der Waals surface area contributed by atoms with Crippen LogP contribution in [0.1, 0.15) is 24.9 Å². The number of hydrogen-bond acceptors (Lipinski definition) is 7. The molecule has 0 atom stereocenters. The van der Waals surface area contributed by atoms with Gasteiger partial charge in [-0.25, -0.2) is 4.98 Å². The van der Waals surface area contributed by atoms with E-state index in [0.29, 0.717) is 36.1 Å². The molecule has 0 radical (unpaired) electrons. The number of ether oxygens (including phenoxy) is 1. The number of carbonyl (C=O) groups is 1. The standard InChI is InChI=1S/C20H20N6O3/c1-3-28-15-6-4-13(5-7-15)19-23-18(29-26-19)9-8-17(27)22-14-10-16-12(2)24-25-20(16)21-11-14/h4-7,10-11H,3,8-9H2,1-2H3,(H,22,27)(H,21,24,25). The lowest BCUT2D eigenvalue weighted by Crippen LogP contribution is -2.12. The molecule has 0 aliphatic heterocycles. The average molecular weight is 392 g/mol. The van der Waals surface area contributed by atoms with Crippen molar-refractivity contribution in [2.45, 2.75) is 26.7 Å². The maximum atomic E-state index is 12.3. The van der Waals surface area contributed by atoms with Crippen LogP contribution in [0.15, 0.2) is 41.1 Å². The average Bonchev–Trinajstić information content (AvgIpc) is 3.35. The maximum absolute atomic E-state index is 12.3. The first-order chi connectivity index (χ1) is 14.1. The normalized spacial score (nSPS) is 11.0. The molecule has 9 heteroatoms. The summed E-state index contributed by atoms with van der Waals surface area (Å²) in [5.74, 6) is 1.51. The molecule has 4 aromatic rings. The van der Waals surface area contributed by atoms with E-state index in [1.54, 1.807) is 6.20 Å². The molecule has 0 fully saturated rings. The number of aromatic amines is 1. The predicted molar refractivity (Wildman–Crippen MR) is 106 cm³/mol. The first-order valence-corrected chi connectivity index (χ1v) is 9.29. The quantitative estimate of drug-likeness (QED) is 0.495. The van der Waals surface area contributed by atoms with E-state index in [1.165, 1.54) is 0 Å². The van der Waals surface area contributed by atoms with Crippen LogP contribution in [-0.2, 0) is 11.2 Å². The fourth-order valence-corrected chi connectivity index (χ4v) is 2.87. The summed E-state index contributed by atoms with van der Waals surface area (Å²) in [5.41, 5.74) is 2.96. The molecule has 0 bridgehead atoms. The van der Waals surface area contributed by atoms with Crippen LogP contribution in [0.5, 0.6) is 5.75 Å². The molecule has 0 aliphatic carbocycles. The minimum atomic E-state index is -0.159. The topological polar surface area (TPSA) is 119 Å². The Hall–Kier alpha value is -3.75. The summed E-state index contributed by atoms with van der Waals surface area (Å²) in [6, 6.07) is 9.29. The highest BCUT2D eigenvalue weighted by molar-refractivity contribution is 5.93. The second-order valence-corrected chi connectivity index (χ2v) is 6.46. The minimum absolute atomic E-state index is 0.159. The molecule has 148 valence electrons. The SMILES string of the molecule is CCOc1ccc(-c2noc(CCC(=O)Nc3cnc4n[nH]c(C)c4c3)n2)cc1. The van der Waals surface area contributed by atoms with Gasteiger partial charge in [-0.05, 0) is 44.2 Å².